The third-order valence-corrected chi connectivity index (χ3v) is 8.75. The Labute approximate surface area is 231 Å². The Hall–Kier alpha value is -2.45. The highest BCUT2D eigenvalue weighted by Gasteiger charge is 2.39. The van der Waals surface area contributed by atoms with Crippen molar-refractivity contribution in [1.82, 2.24) is 0 Å². The lowest BCUT2D eigenvalue weighted by atomic mass is 9.68. The summed E-state index contributed by atoms with van der Waals surface area (Å²) in [5, 5.41) is 0. The van der Waals surface area contributed by atoms with Crippen LogP contribution in [0.1, 0.15) is 101 Å². The second-order valence-electron chi connectivity index (χ2n) is 11.3. The molecule has 2 saturated carbocycles. The molecule has 2 aliphatic carbocycles. The second kappa shape index (κ2) is 13.5. The van der Waals surface area contributed by atoms with Gasteiger partial charge < -0.3 is 9.47 Å². The summed E-state index contributed by atoms with van der Waals surface area (Å²) in [5.74, 6) is -4.59. The summed E-state index contributed by atoms with van der Waals surface area (Å²) < 4.78 is 105. The summed E-state index contributed by atoms with van der Waals surface area (Å²) in [6, 6.07) is 4.01. The van der Waals surface area contributed by atoms with Gasteiger partial charge in [0.05, 0.1) is 5.56 Å². The van der Waals surface area contributed by atoms with Gasteiger partial charge in [0.2, 0.25) is 0 Å². The quantitative estimate of drug-likeness (QED) is 0.196. The SMILES string of the molecule is CCCCCC1CCC(C2CCC(c3ccc(C(F)(F)Oc4cc(F)c(OC(F)F)c(F)c4)c(F)c3)CC2)CC1. The van der Waals surface area contributed by atoms with Crippen LogP contribution in [0.3, 0.4) is 0 Å². The lowest BCUT2D eigenvalue weighted by Gasteiger charge is -2.38. The van der Waals surface area contributed by atoms with Crippen molar-refractivity contribution >= 4 is 0 Å². The lowest BCUT2D eigenvalue weighted by Crippen LogP contribution is -2.26. The number of halogens is 7. The molecule has 40 heavy (non-hydrogen) atoms. The molecule has 4 rings (SSSR count). The van der Waals surface area contributed by atoms with Gasteiger partial charge in [-0.15, -0.1) is 0 Å². The van der Waals surface area contributed by atoms with Crippen molar-refractivity contribution in [2.45, 2.75) is 103 Å². The number of alkyl halides is 4. The number of ether oxygens (including phenoxy) is 2. The molecule has 9 heteroatoms. The Kier molecular flexibility index (Phi) is 10.3. The minimum absolute atomic E-state index is 0.0743. The van der Waals surface area contributed by atoms with E-state index in [1.54, 1.807) is 0 Å². The van der Waals surface area contributed by atoms with Crippen LogP contribution in [0.5, 0.6) is 11.5 Å². The minimum Gasteiger partial charge on any atom is -0.429 e. The summed E-state index contributed by atoms with van der Waals surface area (Å²) in [6.07, 6.45) is 9.98. The summed E-state index contributed by atoms with van der Waals surface area (Å²) in [6.45, 7) is -1.28. The number of unbranched alkanes of at least 4 members (excludes halogenated alkanes) is 2. The van der Waals surface area contributed by atoms with E-state index >= 15 is 0 Å². The van der Waals surface area contributed by atoms with E-state index in [0.717, 1.165) is 49.7 Å². The van der Waals surface area contributed by atoms with Crippen LogP contribution in [0.15, 0.2) is 30.3 Å². The minimum atomic E-state index is -4.26. The maximum atomic E-state index is 14.9. The van der Waals surface area contributed by atoms with Crippen molar-refractivity contribution < 1.29 is 40.2 Å². The van der Waals surface area contributed by atoms with Crippen molar-refractivity contribution in [3.05, 3.63) is 58.9 Å². The fraction of sp³-hybridized carbons (Fsp3) is 0.613. The van der Waals surface area contributed by atoms with Crippen LogP contribution in [-0.4, -0.2) is 6.61 Å². The van der Waals surface area contributed by atoms with Gasteiger partial charge in [-0.3, -0.25) is 0 Å². The van der Waals surface area contributed by atoms with Crippen molar-refractivity contribution in [3.63, 3.8) is 0 Å². The first kappa shape index (κ1) is 30.5. The van der Waals surface area contributed by atoms with Gasteiger partial charge in [0.25, 0.3) is 0 Å². The van der Waals surface area contributed by atoms with Crippen LogP contribution in [0, 0.1) is 35.2 Å². The van der Waals surface area contributed by atoms with Gasteiger partial charge in [0.15, 0.2) is 17.4 Å². The molecule has 0 heterocycles. The van der Waals surface area contributed by atoms with Gasteiger partial charge in [-0.25, -0.2) is 13.2 Å². The van der Waals surface area contributed by atoms with Crippen LogP contribution in [0.2, 0.25) is 0 Å². The van der Waals surface area contributed by atoms with Gasteiger partial charge in [0, 0.05) is 12.1 Å². The molecule has 2 aromatic carbocycles. The first-order valence-corrected chi connectivity index (χ1v) is 14.4. The predicted octanol–water partition coefficient (Wildman–Crippen LogP) is 10.5. The normalized spacial score (nSPS) is 23.8. The Morgan fingerprint density at radius 3 is 1.95 bits per heavy atom. The standard InChI is InChI=1S/C31H37F7O2/c1-2-3-4-5-19-6-8-20(9-7-19)21-10-12-22(13-11-21)23-14-15-25(26(32)16-23)31(37,38)40-24-17-27(33)29(28(34)18-24)39-30(35)36/h14-22,30H,2-13H2,1H3. The van der Waals surface area contributed by atoms with E-state index in [1.165, 1.54) is 57.4 Å². The van der Waals surface area contributed by atoms with Gasteiger partial charge in [-0.05, 0) is 79.9 Å². The Morgan fingerprint density at radius 1 is 0.800 bits per heavy atom. The molecular formula is C31H37F7O2. The van der Waals surface area contributed by atoms with Crippen LogP contribution < -0.4 is 9.47 Å². The van der Waals surface area contributed by atoms with Crippen LogP contribution in [-0.2, 0) is 6.11 Å². The molecule has 0 aliphatic heterocycles. The molecule has 0 atom stereocenters. The van der Waals surface area contributed by atoms with Gasteiger partial charge >= 0.3 is 12.7 Å². The molecule has 0 N–H and O–H groups in total. The second-order valence-corrected chi connectivity index (χ2v) is 11.3. The summed E-state index contributed by atoms with van der Waals surface area (Å²) in [7, 11) is 0. The number of hydrogen-bond acceptors (Lipinski definition) is 2. The number of hydrogen-bond donors (Lipinski definition) is 0. The highest BCUT2D eigenvalue weighted by atomic mass is 19.3. The molecule has 2 aliphatic rings. The predicted molar refractivity (Wildman–Crippen MR) is 138 cm³/mol. The third kappa shape index (κ3) is 7.64. The van der Waals surface area contributed by atoms with E-state index < -0.39 is 47.2 Å². The smallest absolute Gasteiger partial charge is 0.429 e. The number of benzene rings is 2. The van der Waals surface area contributed by atoms with Gasteiger partial charge in [-0.1, -0.05) is 51.5 Å². The first-order chi connectivity index (χ1) is 19.1. The lowest BCUT2D eigenvalue weighted by molar-refractivity contribution is -0.187. The van der Waals surface area contributed by atoms with Crippen molar-refractivity contribution in [3.8, 4) is 11.5 Å². The zero-order chi connectivity index (χ0) is 28.9. The summed E-state index contributed by atoms with van der Waals surface area (Å²) >= 11 is 0. The van der Waals surface area contributed by atoms with Crippen molar-refractivity contribution in [2.75, 3.05) is 0 Å². The average molecular weight is 575 g/mol. The van der Waals surface area contributed by atoms with E-state index in [1.807, 2.05) is 0 Å². The average Bonchev–Trinajstić information content (AvgIpc) is 2.91. The van der Waals surface area contributed by atoms with Crippen molar-refractivity contribution in [2.24, 2.45) is 17.8 Å². The maximum Gasteiger partial charge on any atom is 0.429 e. The van der Waals surface area contributed by atoms with E-state index in [2.05, 4.69) is 16.4 Å². The van der Waals surface area contributed by atoms with Crippen molar-refractivity contribution in [1.29, 1.82) is 0 Å². The van der Waals surface area contributed by atoms with Crippen LogP contribution in [0.25, 0.3) is 0 Å². The van der Waals surface area contributed by atoms with E-state index in [0.29, 0.717) is 11.5 Å². The van der Waals surface area contributed by atoms with E-state index in [9.17, 15) is 30.7 Å². The zero-order valence-electron chi connectivity index (χ0n) is 22.7. The molecule has 2 fully saturated rings. The monoisotopic (exact) mass is 574 g/mol. The molecule has 0 unspecified atom stereocenters. The summed E-state index contributed by atoms with van der Waals surface area (Å²) in [5.41, 5.74) is -0.449. The maximum absolute atomic E-state index is 14.9. The first-order valence-electron chi connectivity index (χ1n) is 14.4. The zero-order valence-corrected chi connectivity index (χ0v) is 22.7. The Balaban J connectivity index is 1.33. The number of rotatable bonds is 11. The van der Waals surface area contributed by atoms with E-state index in [-0.39, 0.29) is 18.1 Å². The van der Waals surface area contributed by atoms with Crippen LogP contribution in [0.4, 0.5) is 30.7 Å². The largest absolute Gasteiger partial charge is 0.429 e. The molecule has 0 radical (unpaired) electrons. The Morgan fingerprint density at radius 2 is 1.40 bits per heavy atom. The highest BCUT2D eigenvalue weighted by Crippen LogP contribution is 2.45. The molecule has 0 amide bonds. The topological polar surface area (TPSA) is 18.5 Å². The van der Waals surface area contributed by atoms with Crippen LogP contribution >= 0.6 is 0 Å². The molecule has 0 aromatic heterocycles. The molecule has 2 nitrogen and oxygen atoms in total. The molecular weight excluding hydrogens is 537 g/mol. The summed E-state index contributed by atoms with van der Waals surface area (Å²) in [4.78, 5) is 0. The fourth-order valence-corrected chi connectivity index (χ4v) is 6.58. The molecule has 0 spiro atoms. The molecule has 0 saturated heterocycles. The van der Waals surface area contributed by atoms with Gasteiger partial charge in [-0.2, -0.15) is 17.6 Å². The third-order valence-electron chi connectivity index (χ3n) is 8.75. The Bertz CT molecular complexity index is 1080. The van der Waals surface area contributed by atoms with E-state index in [4.69, 9.17) is 0 Å². The molecule has 0 bridgehead atoms. The molecule has 2 aromatic rings. The molecule has 222 valence electrons. The fourth-order valence-electron chi connectivity index (χ4n) is 6.58. The van der Waals surface area contributed by atoms with Gasteiger partial charge in [0.1, 0.15) is 11.6 Å². The highest BCUT2D eigenvalue weighted by molar-refractivity contribution is 5.36.